The van der Waals surface area contributed by atoms with Crippen LogP contribution in [0.15, 0.2) is 53.5 Å². The van der Waals surface area contributed by atoms with Crippen LogP contribution in [-0.4, -0.2) is 54.7 Å². The highest BCUT2D eigenvalue weighted by atomic mass is 35.5. The van der Waals surface area contributed by atoms with E-state index in [9.17, 15) is 35.6 Å². The van der Waals surface area contributed by atoms with Crippen molar-refractivity contribution < 1.29 is 39.6 Å². The normalized spacial score (nSPS) is 19.0. The molecule has 4 aromatic heterocycles. The summed E-state index contributed by atoms with van der Waals surface area (Å²) in [5.74, 6) is -9.66. The molecule has 6 aromatic rings. The quantitative estimate of drug-likeness (QED) is 0.168. The van der Waals surface area contributed by atoms with Gasteiger partial charge in [0.1, 0.15) is 35.4 Å². The van der Waals surface area contributed by atoms with Gasteiger partial charge in [0.05, 0.1) is 39.3 Å². The predicted molar refractivity (Wildman–Crippen MR) is 190 cm³/mol. The second kappa shape index (κ2) is 13.0. The SMILES string of the molecule is C[C@@H]1C2c3c(C(F)F)nn(CC(=O)N[C@@H](Cc4cc(F)cc(F)c4)c4nc5ncccc5c(=O)n4-c4ccc(Cl)c5c(NS(C)(=O)=O)nn(C)c45)c3C(F)(F)C21. The van der Waals surface area contributed by atoms with Crippen molar-refractivity contribution in [2.24, 2.45) is 18.9 Å². The monoisotopic (exact) mass is 819 g/mol. The largest absolute Gasteiger partial charge is 0.344 e. The molecule has 4 atom stereocenters. The van der Waals surface area contributed by atoms with E-state index < -0.39 is 93.6 Å². The number of nitrogens with zero attached hydrogens (tertiary/aromatic N) is 7. The lowest BCUT2D eigenvalue weighted by Crippen LogP contribution is -2.38. The smallest absolute Gasteiger partial charge is 0.293 e. The van der Waals surface area contributed by atoms with Crippen LogP contribution < -0.4 is 15.6 Å². The average molecular weight is 820 g/mol. The topological polar surface area (TPSA) is 159 Å². The van der Waals surface area contributed by atoms with Crippen LogP contribution in [-0.2, 0) is 40.8 Å². The number of benzene rings is 2. The minimum absolute atomic E-state index is 0.0143. The van der Waals surface area contributed by atoms with Crippen molar-refractivity contribution in [3.8, 4) is 5.69 Å². The number of carbonyl (C=O) groups is 1. The van der Waals surface area contributed by atoms with Gasteiger partial charge in [-0.15, -0.1) is 0 Å². The number of aryl methyl sites for hydroxylation is 1. The van der Waals surface area contributed by atoms with E-state index in [2.05, 4.69) is 30.2 Å². The Balaban J connectivity index is 1.30. The molecule has 4 heterocycles. The number of carbonyl (C=O) groups excluding carboxylic acids is 1. The summed E-state index contributed by atoms with van der Waals surface area (Å²) in [6.07, 6.45) is -1.42. The third-order valence-electron chi connectivity index (χ3n) is 10.1. The summed E-state index contributed by atoms with van der Waals surface area (Å²) in [6, 6.07) is 6.71. The van der Waals surface area contributed by atoms with E-state index in [0.717, 1.165) is 23.0 Å². The number of hydrogen-bond acceptors (Lipinski definition) is 8. The average Bonchev–Trinajstić information content (AvgIpc) is 3.33. The van der Waals surface area contributed by atoms with E-state index in [4.69, 9.17) is 11.6 Å². The zero-order valence-electron chi connectivity index (χ0n) is 29.2. The van der Waals surface area contributed by atoms with Gasteiger partial charge in [-0.05, 0) is 47.9 Å². The van der Waals surface area contributed by atoms with Crippen molar-refractivity contribution in [3.63, 3.8) is 0 Å². The fourth-order valence-corrected chi connectivity index (χ4v) is 8.64. The van der Waals surface area contributed by atoms with Crippen LogP contribution in [0.4, 0.5) is 32.2 Å². The van der Waals surface area contributed by atoms with E-state index in [-0.39, 0.29) is 55.4 Å². The van der Waals surface area contributed by atoms with Crippen LogP contribution in [0.3, 0.4) is 0 Å². The van der Waals surface area contributed by atoms with Gasteiger partial charge in [-0.2, -0.15) is 19.0 Å². The summed E-state index contributed by atoms with van der Waals surface area (Å²) in [4.78, 5) is 37.2. The third kappa shape index (κ3) is 6.14. The number of hydrogen-bond donors (Lipinski definition) is 2. The first-order chi connectivity index (χ1) is 26.4. The molecule has 2 aromatic carbocycles. The summed E-state index contributed by atoms with van der Waals surface area (Å²) in [7, 11) is -2.44. The number of halogens is 7. The fourth-order valence-electron chi connectivity index (χ4n) is 7.90. The molecule has 0 saturated heterocycles. The van der Waals surface area contributed by atoms with E-state index in [0.29, 0.717) is 10.7 Å². The maximum atomic E-state index is 15.6. The van der Waals surface area contributed by atoms with Crippen molar-refractivity contribution in [1.29, 1.82) is 0 Å². The van der Waals surface area contributed by atoms with Crippen LogP contribution in [0.25, 0.3) is 27.6 Å². The first-order valence-electron chi connectivity index (χ1n) is 16.9. The summed E-state index contributed by atoms with van der Waals surface area (Å²) in [5, 5.41) is 10.7. The Hall–Kier alpha value is -5.50. The standard InChI is InChI=1S/C35H28ClF6N9O4S/c1-14-23-25-27(30(39)40)46-50(29(25)35(41,42)26(14)23)13-22(52)44-20(11-15-9-16(37)12-17(38)10-15)33-45-31-18(5-4-8-43-31)34(53)51(33)21-7-6-19(36)24-28(21)49(2)47-32(24)48-56(3,54)55/h4-10,12,14,20,23,26,30H,11,13H2,1-3H3,(H,44,52)(H,47,48)/t14-,20+,23?,26?/m1/s1. The number of pyridine rings is 1. The molecule has 21 heteroatoms. The van der Waals surface area contributed by atoms with Gasteiger partial charge in [0.15, 0.2) is 11.5 Å². The van der Waals surface area contributed by atoms with Gasteiger partial charge in [-0.1, -0.05) is 18.5 Å². The van der Waals surface area contributed by atoms with Gasteiger partial charge in [0.25, 0.3) is 17.9 Å². The number of sulfonamides is 1. The molecular formula is C35H28ClF6N9O4S. The van der Waals surface area contributed by atoms with Gasteiger partial charge in [0, 0.05) is 43.1 Å². The molecule has 8 rings (SSSR count). The summed E-state index contributed by atoms with van der Waals surface area (Å²) in [6.45, 7) is 0.551. The number of rotatable bonds is 10. The second-order valence-corrected chi connectivity index (χ2v) is 16.0. The Bertz CT molecular complexity index is 2790. The van der Waals surface area contributed by atoms with E-state index in [1.807, 2.05) is 0 Å². The predicted octanol–water partition coefficient (Wildman–Crippen LogP) is 5.66. The molecule has 1 amide bonds. The molecular weight excluding hydrogens is 792 g/mol. The molecule has 0 spiro atoms. The lowest BCUT2D eigenvalue weighted by atomic mass is 10.0. The number of alkyl halides is 4. The van der Waals surface area contributed by atoms with Gasteiger partial charge in [-0.3, -0.25) is 28.2 Å². The molecule has 0 bridgehead atoms. The lowest BCUT2D eigenvalue weighted by molar-refractivity contribution is -0.123. The zero-order chi connectivity index (χ0) is 40.2. The van der Waals surface area contributed by atoms with Gasteiger partial charge in [0.2, 0.25) is 15.9 Å². The molecule has 2 N–H and O–H groups in total. The number of aromatic nitrogens is 7. The van der Waals surface area contributed by atoms with Crippen LogP contribution in [0.2, 0.25) is 5.02 Å². The van der Waals surface area contributed by atoms with Gasteiger partial charge < -0.3 is 5.32 Å². The van der Waals surface area contributed by atoms with Gasteiger partial charge in [-0.25, -0.2) is 35.9 Å². The molecule has 0 aliphatic heterocycles. The zero-order valence-corrected chi connectivity index (χ0v) is 30.8. The Kier molecular flexibility index (Phi) is 8.71. The van der Waals surface area contributed by atoms with Crippen LogP contribution in [0.5, 0.6) is 0 Å². The Morgan fingerprint density at radius 3 is 2.48 bits per heavy atom. The highest BCUT2D eigenvalue weighted by Gasteiger charge is 2.71. The van der Waals surface area contributed by atoms with Crippen LogP contribution in [0.1, 0.15) is 53.6 Å². The first kappa shape index (κ1) is 37.4. The molecule has 2 aliphatic carbocycles. The van der Waals surface area contributed by atoms with E-state index in [1.165, 1.54) is 49.1 Å². The Morgan fingerprint density at radius 1 is 1.09 bits per heavy atom. The molecule has 2 unspecified atom stereocenters. The molecule has 0 radical (unpaired) electrons. The van der Waals surface area contributed by atoms with Crippen molar-refractivity contribution in [2.75, 3.05) is 11.0 Å². The highest BCUT2D eigenvalue weighted by molar-refractivity contribution is 7.92. The second-order valence-electron chi connectivity index (χ2n) is 13.9. The number of amides is 1. The maximum absolute atomic E-state index is 15.6. The minimum Gasteiger partial charge on any atom is -0.344 e. The molecule has 292 valence electrons. The summed E-state index contributed by atoms with van der Waals surface area (Å²) in [5.41, 5.74) is -2.69. The van der Waals surface area contributed by atoms with Crippen molar-refractivity contribution in [3.05, 3.63) is 104 Å². The molecule has 56 heavy (non-hydrogen) atoms. The molecule has 1 fully saturated rings. The molecule has 2 aliphatic rings. The maximum Gasteiger partial charge on any atom is 0.293 e. The summed E-state index contributed by atoms with van der Waals surface area (Å²) < 4.78 is 118. The van der Waals surface area contributed by atoms with Crippen LogP contribution >= 0.6 is 11.6 Å². The van der Waals surface area contributed by atoms with E-state index in [1.54, 1.807) is 0 Å². The van der Waals surface area contributed by atoms with Crippen molar-refractivity contribution >= 4 is 55.3 Å². The van der Waals surface area contributed by atoms with Crippen molar-refractivity contribution in [2.45, 2.75) is 44.2 Å². The Labute approximate surface area is 317 Å². The summed E-state index contributed by atoms with van der Waals surface area (Å²) >= 11 is 6.55. The van der Waals surface area contributed by atoms with Crippen LogP contribution in [0, 0.1) is 23.5 Å². The first-order valence-corrected chi connectivity index (χ1v) is 19.1. The minimum atomic E-state index is -3.89. The number of anilines is 1. The number of nitrogens with one attached hydrogen (secondary N) is 2. The van der Waals surface area contributed by atoms with Gasteiger partial charge >= 0.3 is 0 Å². The van der Waals surface area contributed by atoms with E-state index >= 15 is 8.78 Å². The lowest BCUT2D eigenvalue weighted by Gasteiger charge is -2.24. The Morgan fingerprint density at radius 2 is 1.80 bits per heavy atom. The molecule has 13 nitrogen and oxygen atoms in total. The molecule has 1 saturated carbocycles. The highest BCUT2D eigenvalue weighted by Crippen LogP contribution is 2.71. The van der Waals surface area contributed by atoms with Crippen molar-refractivity contribution in [1.82, 2.24) is 39.4 Å². The fraction of sp³-hybridized carbons (Fsp3) is 0.314. The number of fused-ring (bicyclic) bond motifs is 5. The third-order valence-corrected chi connectivity index (χ3v) is 11.0.